The molecule has 0 unspecified atom stereocenters. The van der Waals surface area contributed by atoms with Crippen LogP contribution in [0.5, 0.6) is 0 Å². The first-order chi connectivity index (χ1) is 8.21. The maximum absolute atomic E-state index is 10.5. The summed E-state index contributed by atoms with van der Waals surface area (Å²) < 4.78 is 0. The van der Waals surface area contributed by atoms with Gasteiger partial charge in [-0.05, 0) is 18.1 Å². The van der Waals surface area contributed by atoms with Gasteiger partial charge in [0.2, 0.25) is 0 Å². The van der Waals surface area contributed by atoms with E-state index in [-0.39, 0.29) is 40.1 Å². The molecule has 2 aromatic carbocycles. The maximum atomic E-state index is 10.5. The minimum absolute atomic E-state index is 0. The molecule has 19 heavy (non-hydrogen) atoms. The van der Waals surface area contributed by atoms with Crippen LogP contribution in [0.2, 0.25) is 0 Å². The van der Waals surface area contributed by atoms with Crippen molar-refractivity contribution in [1.82, 2.24) is 0 Å². The Morgan fingerprint density at radius 1 is 0.737 bits per heavy atom. The van der Waals surface area contributed by atoms with E-state index in [9.17, 15) is 5.11 Å². The maximum Gasteiger partial charge on any atom is 0.112 e. The van der Waals surface area contributed by atoms with E-state index in [0.717, 1.165) is 11.1 Å². The molecule has 0 bridgehead atoms. The van der Waals surface area contributed by atoms with Gasteiger partial charge in [0, 0.05) is 32.7 Å². The number of rotatable bonds is 2. The van der Waals surface area contributed by atoms with Crippen LogP contribution < -0.4 is 0 Å². The van der Waals surface area contributed by atoms with E-state index in [2.05, 4.69) is 0 Å². The van der Waals surface area contributed by atoms with Crippen LogP contribution in [0.3, 0.4) is 0 Å². The molecule has 0 saturated heterocycles. The van der Waals surface area contributed by atoms with Gasteiger partial charge < -0.3 is 12.5 Å². The first kappa shape index (κ1) is 20.8. The summed E-state index contributed by atoms with van der Waals surface area (Å²) in [5.74, 6) is 0. The summed E-state index contributed by atoms with van der Waals surface area (Å²) in [5.41, 5.74) is 0.912. The molecular formula is C17H23OY-. The topological polar surface area (TPSA) is 20.2 Å². The van der Waals surface area contributed by atoms with Crippen molar-refractivity contribution in [3.63, 3.8) is 0 Å². The van der Waals surface area contributed by atoms with Crippen LogP contribution in [0.25, 0.3) is 0 Å². The molecule has 1 N–H and O–H groups in total. The molecule has 0 spiro atoms. The van der Waals surface area contributed by atoms with Crippen LogP contribution in [0.4, 0.5) is 0 Å². The predicted molar refractivity (Wildman–Crippen MR) is 79.3 cm³/mol. The van der Waals surface area contributed by atoms with Gasteiger partial charge in [0.15, 0.2) is 0 Å². The van der Waals surface area contributed by atoms with Crippen LogP contribution in [-0.2, 0) is 38.3 Å². The van der Waals surface area contributed by atoms with Gasteiger partial charge in [0.05, 0.1) is 0 Å². The Kier molecular flexibility index (Phi) is 11.3. The third kappa shape index (κ3) is 5.56. The second kappa shape index (κ2) is 10.3. The van der Waals surface area contributed by atoms with Crippen molar-refractivity contribution in [2.75, 3.05) is 0 Å². The summed E-state index contributed by atoms with van der Waals surface area (Å²) >= 11 is 0. The minimum Gasteiger partial charge on any atom is -0.381 e. The Hall–Kier alpha value is -0.496. The summed E-state index contributed by atoms with van der Waals surface area (Å²) in [5, 5.41) is 10.5. The van der Waals surface area contributed by atoms with E-state index in [1.165, 1.54) is 0 Å². The van der Waals surface area contributed by atoms with Gasteiger partial charge in [-0.15, -0.1) is 0 Å². The Balaban J connectivity index is 0. The zero-order valence-electron chi connectivity index (χ0n) is 12.3. The van der Waals surface area contributed by atoms with Crippen molar-refractivity contribution in [2.45, 2.75) is 26.4 Å². The fraction of sp³-hybridized carbons (Fsp3) is 0.235. The summed E-state index contributed by atoms with van der Waals surface area (Å²) in [6.07, 6.45) is 0. The Bertz CT molecular complexity index is 382. The quantitative estimate of drug-likeness (QED) is 0.808. The molecule has 0 aliphatic carbocycles. The second-order valence-corrected chi connectivity index (χ2v) is 3.80. The van der Waals surface area contributed by atoms with Crippen LogP contribution in [0.15, 0.2) is 60.7 Å². The van der Waals surface area contributed by atoms with Gasteiger partial charge in [0.25, 0.3) is 0 Å². The average molecular weight is 332 g/mol. The molecule has 0 aliphatic heterocycles. The van der Waals surface area contributed by atoms with Gasteiger partial charge in [0.1, 0.15) is 5.60 Å². The van der Waals surface area contributed by atoms with Crippen molar-refractivity contribution in [3.8, 4) is 0 Å². The molecule has 0 heterocycles. The fourth-order valence-electron chi connectivity index (χ4n) is 1.69. The zero-order chi connectivity index (χ0) is 12.7. The molecule has 0 amide bonds. The number of hydrogen-bond donors (Lipinski definition) is 1. The molecule has 2 aromatic rings. The third-order valence-corrected chi connectivity index (χ3v) is 2.67. The smallest absolute Gasteiger partial charge is 0.112 e. The van der Waals surface area contributed by atoms with E-state index in [1.54, 1.807) is 0 Å². The minimum atomic E-state index is -0.914. The van der Waals surface area contributed by atoms with E-state index in [1.807, 2.05) is 81.4 Å². The van der Waals surface area contributed by atoms with Crippen molar-refractivity contribution in [2.24, 2.45) is 0 Å². The molecule has 2 heteroatoms. The first-order valence-electron chi connectivity index (χ1n) is 6.04. The largest absolute Gasteiger partial charge is 0.381 e. The Morgan fingerprint density at radius 3 is 1.26 bits per heavy atom. The number of aliphatic hydroxyl groups is 1. The van der Waals surface area contributed by atoms with Crippen molar-refractivity contribution in [3.05, 3.63) is 79.2 Å². The van der Waals surface area contributed by atoms with Crippen molar-refractivity contribution in [1.29, 1.82) is 0 Å². The summed E-state index contributed by atoms with van der Waals surface area (Å²) in [6, 6.07) is 19.4. The van der Waals surface area contributed by atoms with Gasteiger partial charge in [-0.3, -0.25) is 0 Å². The molecule has 2 rings (SSSR count). The first-order valence-corrected chi connectivity index (χ1v) is 6.04. The van der Waals surface area contributed by atoms with E-state index >= 15 is 0 Å². The monoisotopic (exact) mass is 332 g/mol. The molecule has 0 saturated carbocycles. The van der Waals surface area contributed by atoms with Crippen molar-refractivity contribution >= 4 is 0 Å². The SMILES string of the molecule is CC.CC(O)(c1ccccc1)c1ccccc1.[CH3-].[Y]. The molecule has 0 fully saturated rings. The van der Waals surface area contributed by atoms with E-state index in [4.69, 9.17) is 0 Å². The summed E-state index contributed by atoms with van der Waals surface area (Å²) in [4.78, 5) is 0. The second-order valence-electron chi connectivity index (χ2n) is 3.80. The molecule has 0 aromatic heterocycles. The average Bonchev–Trinajstić information content (AvgIpc) is 2.43. The summed E-state index contributed by atoms with van der Waals surface area (Å²) in [7, 11) is 0. The van der Waals surface area contributed by atoms with Gasteiger partial charge in [-0.1, -0.05) is 74.5 Å². The number of hydrogen-bond acceptors (Lipinski definition) is 1. The normalized spacial score (nSPS) is 9.26. The van der Waals surface area contributed by atoms with Crippen molar-refractivity contribution < 1.29 is 37.8 Å². The molecule has 101 valence electrons. The van der Waals surface area contributed by atoms with Gasteiger partial charge in [-0.25, -0.2) is 0 Å². The molecule has 0 aliphatic rings. The third-order valence-electron chi connectivity index (χ3n) is 2.67. The fourth-order valence-corrected chi connectivity index (χ4v) is 1.69. The number of benzene rings is 2. The molecule has 0 atom stereocenters. The zero-order valence-corrected chi connectivity index (χ0v) is 15.1. The standard InChI is InChI=1S/C14H14O.C2H6.CH3.Y/c1-14(15,12-8-4-2-5-9-12)13-10-6-3-7-11-13;1-2;;/h2-11,15H,1H3;1-2H3;1H3;/q;;-1;. The predicted octanol–water partition coefficient (Wildman–Crippen LogP) is 4.42. The van der Waals surface area contributed by atoms with Gasteiger partial charge >= 0.3 is 0 Å². The Morgan fingerprint density at radius 2 is 1.00 bits per heavy atom. The van der Waals surface area contributed by atoms with Crippen LogP contribution in [0.1, 0.15) is 31.9 Å². The van der Waals surface area contributed by atoms with Crippen LogP contribution >= 0.6 is 0 Å². The van der Waals surface area contributed by atoms with E-state index < -0.39 is 5.60 Å². The van der Waals surface area contributed by atoms with Crippen LogP contribution in [0, 0.1) is 7.43 Å². The van der Waals surface area contributed by atoms with Crippen LogP contribution in [-0.4, -0.2) is 5.11 Å². The van der Waals surface area contributed by atoms with Gasteiger partial charge in [-0.2, -0.15) is 0 Å². The molecular weight excluding hydrogens is 309 g/mol. The Labute approximate surface area is 143 Å². The molecule has 1 nitrogen and oxygen atoms in total. The molecule has 1 radical (unpaired) electrons. The summed E-state index contributed by atoms with van der Waals surface area (Å²) in [6.45, 7) is 5.82. The van der Waals surface area contributed by atoms with E-state index in [0.29, 0.717) is 0 Å².